The van der Waals surface area contributed by atoms with E-state index in [-0.39, 0.29) is 6.04 Å². The minimum atomic E-state index is 0.264. The minimum Gasteiger partial charge on any atom is -0.397 e. The number of hydrogen-bond acceptors (Lipinski definition) is 3. The van der Waals surface area contributed by atoms with Gasteiger partial charge in [-0.15, -0.1) is 5.10 Å². The van der Waals surface area contributed by atoms with Crippen LogP contribution >= 0.6 is 11.6 Å². The van der Waals surface area contributed by atoms with E-state index in [1.165, 1.54) is 0 Å². The molecule has 0 amide bonds. The lowest BCUT2D eigenvalue weighted by Gasteiger charge is -2.05. The third-order valence-corrected chi connectivity index (χ3v) is 2.41. The summed E-state index contributed by atoms with van der Waals surface area (Å²) in [6.07, 6.45) is 0. The zero-order valence-corrected chi connectivity index (χ0v) is 8.78. The van der Waals surface area contributed by atoms with Gasteiger partial charge in [0.15, 0.2) is 0 Å². The Morgan fingerprint density at radius 2 is 2.14 bits per heavy atom. The van der Waals surface area contributed by atoms with Gasteiger partial charge in [-0.3, -0.25) is 0 Å². The number of nitrogens with zero attached hydrogens (tertiary/aromatic N) is 3. The molecule has 1 heterocycles. The highest BCUT2D eigenvalue weighted by atomic mass is 35.5. The molecule has 74 valence electrons. The van der Waals surface area contributed by atoms with Gasteiger partial charge in [0, 0.05) is 6.04 Å². The van der Waals surface area contributed by atoms with Crippen LogP contribution in [0, 0.1) is 0 Å². The smallest absolute Gasteiger partial charge is 0.115 e. The van der Waals surface area contributed by atoms with Gasteiger partial charge in [-0.25, -0.2) is 4.68 Å². The van der Waals surface area contributed by atoms with Gasteiger partial charge in [0.2, 0.25) is 0 Å². The molecule has 2 aromatic rings. The Labute approximate surface area is 86.6 Å². The lowest BCUT2D eigenvalue weighted by Crippen LogP contribution is -2.02. The van der Waals surface area contributed by atoms with Crippen molar-refractivity contribution in [1.82, 2.24) is 15.0 Å². The normalized spacial score (nSPS) is 11.4. The third-order valence-electron chi connectivity index (χ3n) is 2.08. The van der Waals surface area contributed by atoms with Crippen LogP contribution in [0.5, 0.6) is 0 Å². The molecule has 0 spiro atoms. The van der Waals surface area contributed by atoms with E-state index in [9.17, 15) is 0 Å². The van der Waals surface area contributed by atoms with Crippen LogP contribution in [0.25, 0.3) is 11.0 Å². The van der Waals surface area contributed by atoms with Gasteiger partial charge in [0.1, 0.15) is 5.52 Å². The summed E-state index contributed by atoms with van der Waals surface area (Å²) in [7, 11) is 0. The summed E-state index contributed by atoms with van der Waals surface area (Å²) in [4.78, 5) is 0. The van der Waals surface area contributed by atoms with Gasteiger partial charge in [0.25, 0.3) is 0 Å². The van der Waals surface area contributed by atoms with Crippen LogP contribution in [-0.4, -0.2) is 15.0 Å². The number of halogens is 1. The Hall–Kier alpha value is -1.29. The van der Waals surface area contributed by atoms with E-state index in [1.54, 1.807) is 12.1 Å². The van der Waals surface area contributed by atoms with E-state index in [4.69, 9.17) is 17.3 Å². The fourth-order valence-corrected chi connectivity index (χ4v) is 1.51. The van der Waals surface area contributed by atoms with Crippen molar-refractivity contribution in [1.29, 1.82) is 0 Å². The molecule has 0 atom stereocenters. The molecule has 0 aliphatic carbocycles. The van der Waals surface area contributed by atoms with Crippen LogP contribution in [-0.2, 0) is 0 Å². The van der Waals surface area contributed by atoms with Crippen molar-refractivity contribution in [2.24, 2.45) is 0 Å². The highest BCUT2D eigenvalue weighted by Gasteiger charge is 2.09. The van der Waals surface area contributed by atoms with Crippen LogP contribution in [0.3, 0.4) is 0 Å². The van der Waals surface area contributed by atoms with Crippen molar-refractivity contribution in [2.75, 3.05) is 5.73 Å². The lowest BCUT2D eigenvalue weighted by atomic mass is 10.2. The molecule has 0 unspecified atom stereocenters. The highest BCUT2D eigenvalue weighted by Crippen LogP contribution is 2.25. The van der Waals surface area contributed by atoms with Crippen LogP contribution in [0.2, 0.25) is 5.02 Å². The molecule has 0 bridgehead atoms. The van der Waals surface area contributed by atoms with Crippen molar-refractivity contribution in [3.8, 4) is 0 Å². The second-order valence-corrected chi connectivity index (χ2v) is 3.90. The molecule has 5 heteroatoms. The number of aromatic nitrogens is 3. The Morgan fingerprint density at radius 3 is 2.79 bits per heavy atom. The molecule has 2 rings (SSSR count). The average Bonchev–Trinajstić information content (AvgIpc) is 2.48. The van der Waals surface area contributed by atoms with E-state index in [0.29, 0.717) is 10.7 Å². The summed E-state index contributed by atoms with van der Waals surface area (Å²) in [5.74, 6) is 0. The molecule has 0 aliphatic heterocycles. The first-order valence-electron chi connectivity index (χ1n) is 4.39. The van der Waals surface area contributed by atoms with Gasteiger partial charge < -0.3 is 5.73 Å². The lowest BCUT2D eigenvalue weighted by molar-refractivity contribution is 0.530. The van der Waals surface area contributed by atoms with Crippen molar-refractivity contribution < 1.29 is 0 Å². The number of anilines is 1. The zero-order valence-electron chi connectivity index (χ0n) is 8.03. The van der Waals surface area contributed by atoms with Gasteiger partial charge in [-0.05, 0) is 26.0 Å². The summed E-state index contributed by atoms with van der Waals surface area (Å²) in [6, 6.07) is 3.80. The monoisotopic (exact) mass is 210 g/mol. The molecule has 0 radical (unpaired) electrons. The van der Waals surface area contributed by atoms with Crippen LogP contribution in [0.1, 0.15) is 19.9 Å². The predicted molar refractivity (Wildman–Crippen MR) is 57.3 cm³/mol. The van der Waals surface area contributed by atoms with Crippen molar-refractivity contribution in [3.05, 3.63) is 17.2 Å². The molecular formula is C9H11ClN4. The predicted octanol–water partition coefficient (Wildman–Crippen LogP) is 2.25. The fraction of sp³-hybridized carbons (Fsp3) is 0.333. The standard InChI is InChI=1S/C9H11ClN4/c1-5(2)14-9-3-6(10)7(11)4-8(9)12-13-14/h3-5H,11H2,1-2H3. The maximum Gasteiger partial charge on any atom is 0.115 e. The van der Waals surface area contributed by atoms with Crippen LogP contribution in [0.15, 0.2) is 12.1 Å². The first kappa shape index (κ1) is 9.27. The molecule has 0 saturated carbocycles. The number of rotatable bonds is 1. The minimum absolute atomic E-state index is 0.264. The topological polar surface area (TPSA) is 56.7 Å². The Bertz CT molecular complexity index is 475. The summed E-state index contributed by atoms with van der Waals surface area (Å²) < 4.78 is 1.82. The van der Waals surface area contributed by atoms with Crippen LogP contribution in [0.4, 0.5) is 5.69 Å². The van der Waals surface area contributed by atoms with Crippen molar-refractivity contribution >= 4 is 28.3 Å². The van der Waals surface area contributed by atoms with Crippen molar-refractivity contribution in [3.63, 3.8) is 0 Å². The first-order valence-corrected chi connectivity index (χ1v) is 4.77. The van der Waals surface area contributed by atoms with E-state index in [2.05, 4.69) is 10.3 Å². The second kappa shape index (κ2) is 3.13. The largest absolute Gasteiger partial charge is 0.397 e. The van der Waals surface area contributed by atoms with E-state index in [1.807, 2.05) is 18.5 Å². The number of nitrogen functional groups attached to an aromatic ring is 1. The van der Waals surface area contributed by atoms with E-state index >= 15 is 0 Å². The van der Waals surface area contributed by atoms with Gasteiger partial charge in [-0.2, -0.15) is 0 Å². The molecule has 14 heavy (non-hydrogen) atoms. The van der Waals surface area contributed by atoms with Gasteiger partial charge in [0.05, 0.1) is 16.2 Å². The quantitative estimate of drug-likeness (QED) is 0.735. The van der Waals surface area contributed by atoms with Crippen LogP contribution < -0.4 is 5.73 Å². The molecule has 2 N–H and O–H groups in total. The molecule has 4 nitrogen and oxygen atoms in total. The summed E-state index contributed by atoms with van der Waals surface area (Å²) in [6.45, 7) is 4.08. The molecule has 0 saturated heterocycles. The number of fused-ring (bicyclic) bond motifs is 1. The van der Waals surface area contributed by atoms with E-state index in [0.717, 1.165) is 11.0 Å². The zero-order chi connectivity index (χ0) is 10.3. The molecule has 0 aliphatic rings. The summed E-state index contributed by atoms with van der Waals surface area (Å²) in [5.41, 5.74) is 7.89. The van der Waals surface area contributed by atoms with Crippen molar-refractivity contribution in [2.45, 2.75) is 19.9 Å². The molecule has 0 fully saturated rings. The number of benzene rings is 1. The third kappa shape index (κ3) is 1.32. The average molecular weight is 211 g/mol. The second-order valence-electron chi connectivity index (χ2n) is 3.49. The Balaban J connectivity index is 2.74. The number of hydrogen-bond donors (Lipinski definition) is 1. The maximum absolute atomic E-state index is 5.93. The Kier molecular flexibility index (Phi) is 2.07. The number of nitrogens with two attached hydrogens (primary N) is 1. The fourth-order valence-electron chi connectivity index (χ4n) is 1.36. The van der Waals surface area contributed by atoms with Gasteiger partial charge >= 0.3 is 0 Å². The first-order chi connectivity index (χ1) is 6.59. The van der Waals surface area contributed by atoms with Gasteiger partial charge in [-0.1, -0.05) is 16.8 Å². The molecule has 1 aromatic carbocycles. The summed E-state index contributed by atoms with van der Waals surface area (Å²) in [5, 5.41) is 8.59. The molecular weight excluding hydrogens is 200 g/mol. The summed E-state index contributed by atoms with van der Waals surface area (Å²) >= 11 is 5.93. The molecule has 1 aromatic heterocycles. The van der Waals surface area contributed by atoms with E-state index < -0.39 is 0 Å². The highest BCUT2D eigenvalue weighted by molar-refractivity contribution is 6.33. The SMILES string of the molecule is CC(C)n1nnc2cc(N)c(Cl)cc21. The maximum atomic E-state index is 5.93. The Morgan fingerprint density at radius 1 is 1.43 bits per heavy atom.